The molecule has 2 aliphatic heterocycles. The minimum Gasteiger partial charge on any atom is -0.508 e. The number of benzene rings is 1. The molecule has 5 rings (SSSR count). The molecule has 0 unspecified atom stereocenters. The number of ether oxygens (including phenoxy) is 1. The number of aromatic hydroxyl groups is 1. The maximum absolute atomic E-state index is 10.2. The Morgan fingerprint density at radius 2 is 2.12 bits per heavy atom. The van der Waals surface area contributed by atoms with Gasteiger partial charge in [-0.3, -0.25) is 4.90 Å². The lowest BCUT2D eigenvalue weighted by Gasteiger charge is -2.59. The maximum Gasteiger partial charge on any atom is 0.116 e. The first kappa shape index (κ1) is 15.2. The molecule has 0 amide bonds. The summed E-state index contributed by atoms with van der Waals surface area (Å²) in [6.45, 7) is 5.56. The Morgan fingerprint density at radius 1 is 1.25 bits per heavy atom. The molecule has 2 saturated heterocycles. The predicted octanol–water partition coefficient (Wildman–Crippen LogP) is 3.55. The third-order valence-corrected chi connectivity index (χ3v) is 7.40. The van der Waals surface area contributed by atoms with Crippen LogP contribution in [0.3, 0.4) is 0 Å². The second kappa shape index (κ2) is 5.47. The lowest BCUT2D eigenvalue weighted by atomic mass is 9.58. The number of piperidine rings is 1. The molecule has 3 atom stereocenters. The molecule has 4 aliphatic rings. The Balaban J connectivity index is 1.57. The Labute approximate surface area is 145 Å². The van der Waals surface area contributed by atoms with Crippen LogP contribution in [0.1, 0.15) is 55.2 Å². The minimum atomic E-state index is 0.149. The van der Waals surface area contributed by atoms with Crippen LogP contribution in [0, 0.1) is 12.8 Å². The molecular formula is C21H29NO2. The van der Waals surface area contributed by atoms with E-state index in [1.54, 1.807) is 0 Å². The quantitative estimate of drug-likeness (QED) is 0.902. The second-order valence-electron chi connectivity index (χ2n) is 8.65. The molecule has 0 aromatic heterocycles. The van der Waals surface area contributed by atoms with E-state index in [2.05, 4.69) is 17.9 Å². The van der Waals surface area contributed by atoms with E-state index in [9.17, 15) is 5.11 Å². The SMILES string of the molecule is Cc1cc(O)cc2c1C[C@@H]1[C@@H]3OCCC[C@]23CCN1CC1CCC1. The van der Waals surface area contributed by atoms with Crippen molar-refractivity contribution in [2.75, 3.05) is 19.7 Å². The highest BCUT2D eigenvalue weighted by atomic mass is 16.5. The molecule has 130 valence electrons. The third-order valence-electron chi connectivity index (χ3n) is 7.40. The minimum absolute atomic E-state index is 0.149. The number of hydrogen-bond donors (Lipinski definition) is 1. The fourth-order valence-corrected chi connectivity index (χ4v) is 5.96. The van der Waals surface area contributed by atoms with E-state index in [0.717, 1.165) is 25.4 Å². The van der Waals surface area contributed by atoms with Gasteiger partial charge in [0, 0.05) is 24.6 Å². The molecule has 1 saturated carbocycles. The number of nitrogens with zero attached hydrogens (tertiary/aromatic N) is 1. The summed E-state index contributed by atoms with van der Waals surface area (Å²) in [5, 5.41) is 10.2. The van der Waals surface area contributed by atoms with Crippen molar-refractivity contribution >= 4 is 0 Å². The van der Waals surface area contributed by atoms with Crippen LogP contribution in [0.4, 0.5) is 0 Å². The molecule has 3 nitrogen and oxygen atoms in total. The zero-order valence-electron chi connectivity index (χ0n) is 14.8. The molecule has 0 radical (unpaired) electrons. The van der Waals surface area contributed by atoms with Gasteiger partial charge >= 0.3 is 0 Å². The number of likely N-dealkylation sites (tertiary alicyclic amines) is 1. The molecular weight excluding hydrogens is 298 g/mol. The van der Waals surface area contributed by atoms with Crippen LogP contribution in [-0.4, -0.2) is 41.8 Å². The summed E-state index contributed by atoms with van der Waals surface area (Å²) in [6.07, 6.45) is 9.26. The van der Waals surface area contributed by atoms with Crippen LogP contribution in [0.5, 0.6) is 5.75 Å². The molecule has 1 N–H and O–H groups in total. The van der Waals surface area contributed by atoms with E-state index < -0.39 is 0 Å². The van der Waals surface area contributed by atoms with Crippen LogP contribution in [0.2, 0.25) is 0 Å². The summed E-state index contributed by atoms with van der Waals surface area (Å²) >= 11 is 0. The van der Waals surface area contributed by atoms with Crippen molar-refractivity contribution in [2.45, 2.75) is 69.4 Å². The Bertz CT molecular complexity index is 653. The molecule has 1 aromatic carbocycles. The van der Waals surface area contributed by atoms with Gasteiger partial charge in [0.15, 0.2) is 0 Å². The molecule has 1 aromatic rings. The first-order valence-electron chi connectivity index (χ1n) is 9.86. The molecule has 3 heteroatoms. The summed E-state index contributed by atoms with van der Waals surface area (Å²) in [5.41, 5.74) is 4.32. The highest BCUT2D eigenvalue weighted by Gasteiger charge is 2.55. The van der Waals surface area contributed by atoms with Gasteiger partial charge in [-0.15, -0.1) is 0 Å². The lowest BCUT2D eigenvalue weighted by Crippen LogP contribution is -2.66. The van der Waals surface area contributed by atoms with E-state index in [1.807, 2.05) is 6.07 Å². The highest BCUT2D eigenvalue weighted by Crippen LogP contribution is 2.52. The monoisotopic (exact) mass is 327 g/mol. The van der Waals surface area contributed by atoms with Crippen LogP contribution in [0.15, 0.2) is 12.1 Å². The van der Waals surface area contributed by atoms with Crippen molar-refractivity contribution < 1.29 is 9.84 Å². The topological polar surface area (TPSA) is 32.7 Å². The highest BCUT2D eigenvalue weighted by molar-refractivity contribution is 5.49. The Morgan fingerprint density at radius 3 is 2.92 bits per heavy atom. The van der Waals surface area contributed by atoms with Crippen molar-refractivity contribution in [1.82, 2.24) is 4.90 Å². The van der Waals surface area contributed by atoms with E-state index >= 15 is 0 Å². The number of hydrogen-bond acceptors (Lipinski definition) is 3. The summed E-state index contributed by atoms with van der Waals surface area (Å²) in [6, 6.07) is 4.54. The predicted molar refractivity (Wildman–Crippen MR) is 94.5 cm³/mol. The van der Waals surface area contributed by atoms with Crippen LogP contribution in [0.25, 0.3) is 0 Å². The Hall–Kier alpha value is -1.06. The van der Waals surface area contributed by atoms with E-state index in [1.165, 1.54) is 61.9 Å². The van der Waals surface area contributed by atoms with Crippen LogP contribution in [-0.2, 0) is 16.6 Å². The zero-order valence-corrected chi connectivity index (χ0v) is 14.8. The van der Waals surface area contributed by atoms with Gasteiger partial charge in [0.1, 0.15) is 5.75 Å². The van der Waals surface area contributed by atoms with Crippen LogP contribution >= 0.6 is 0 Å². The fraction of sp³-hybridized carbons (Fsp3) is 0.714. The van der Waals surface area contributed by atoms with Gasteiger partial charge in [0.05, 0.1) is 6.10 Å². The number of fused-ring (bicyclic) bond motifs is 1. The third kappa shape index (κ3) is 2.10. The van der Waals surface area contributed by atoms with Gasteiger partial charge in [-0.1, -0.05) is 6.42 Å². The number of aryl methyl sites for hydroxylation is 1. The van der Waals surface area contributed by atoms with Gasteiger partial charge in [-0.25, -0.2) is 0 Å². The summed E-state index contributed by atoms with van der Waals surface area (Å²) in [5.74, 6) is 1.35. The fourth-order valence-electron chi connectivity index (χ4n) is 5.96. The average Bonchev–Trinajstić information content (AvgIpc) is 2.53. The van der Waals surface area contributed by atoms with Gasteiger partial charge in [0.25, 0.3) is 0 Å². The molecule has 0 spiro atoms. The second-order valence-corrected chi connectivity index (χ2v) is 8.65. The van der Waals surface area contributed by atoms with Crippen molar-refractivity contribution in [3.63, 3.8) is 0 Å². The van der Waals surface area contributed by atoms with Gasteiger partial charge in [-0.2, -0.15) is 0 Å². The van der Waals surface area contributed by atoms with Gasteiger partial charge < -0.3 is 9.84 Å². The normalized spacial score (nSPS) is 35.9. The summed E-state index contributed by atoms with van der Waals surface area (Å²) < 4.78 is 6.42. The van der Waals surface area contributed by atoms with Crippen LogP contribution < -0.4 is 0 Å². The molecule has 24 heavy (non-hydrogen) atoms. The molecule has 2 heterocycles. The number of phenols is 1. The maximum atomic E-state index is 10.2. The first-order valence-corrected chi connectivity index (χ1v) is 9.86. The largest absolute Gasteiger partial charge is 0.508 e. The molecule has 2 aliphatic carbocycles. The Kier molecular flexibility index (Phi) is 3.47. The van der Waals surface area contributed by atoms with Crippen molar-refractivity contribution in [2.24, 2.45) is 5.92 Å². The van der Waals surface area contributed by atoms with Gasteiger partial charge in [-0.05, 0) is 86.7 Å². The van der Waals surface area contributed by atoms with Crippen molar-refractivity contribution in [1.29, 1.82) is 0 Å². The van der Waals surface area contributed by atoms with Crippen molar-refractivity contribution in [3.05, 3.63) is 28.8 Å². The first-order chi connectivity index (χ1) is 11.7. The zero-order chi connectivity index (χ0) is 16.3. The number of phenolic OH excluding ortho intramolecular Hbond substituents is 1. The van der Waals surface area contributed by atoms with E-state index in [0.29, 0.717) is 17.9 Å². The molecule has 2 bridgehead atoms. The number of rotatable bonds is 2. The molecule has 3 fully saturated rings. The average molecular weight is 327 g/mol. The summed E-state index contributed by atoms with van der Waals surface area (Å²) in [7, 11) is 0. The standard InChI is InChI=1S/C21H29NO2/c1-14-10-16(23)11-18-17(14)12-19-20-21(18,6-3-9-24-20)7-8-22(19)13-15-4-2-5-15/h10-11,15,19-20,23H,2-9,12-13H2,1H3/t19-,20+,21+/m1/s1. The summed E-state index contributed by atoms with van der Waals surface area (Å²) in [4.78, 5) is 2.76. The van der Waals surface area contributed by atoms with Gasteiger partial charge in [0.2, 0.25) is 0 Å². The smallest absolute Gasteiger partial charge is 0.116 e. The lowest BCUT2D eigenvalue weighted by molar-refractivity contribution is -0.131. The van der Waals surface area contributed by atoms with E-state index in [-0.39, 0.29) is 5.41 Å². The van der Waals surface area contributed by atoms with Crippen molar-refractivity contribution in [3.8, 4) is 5.75 Å². The van der Waals surface area contributed by atoms with E-state index in [4.69, 9.17) is 4.74 Å².